The van der Waals surface area contributed by atoms with Gasteiger partial charge in [0.05, 0.1) is 24.2 Å². The molecule has 0 unspecified atom stereocenters. The van der Waals surface area contributed by atoms with Crippen molar-refractivity contribution in [2.24, 2.45) is 0 Å². The van der Waals surface area contributed by atoms with E-state index in [1.165, 1.54) is 5.56 Å². The number of esters is 1. The Morgan fingerprint density at radius 2 is 2.15 bits per heavy atom. The number of hydrogen-bond acceptors (Lipinski definition) is 5. The van der Waals surface area contributed by atoms with Gasteiger partial charge in [-0.15, -0.1) is 0 Å². The summed E-state index contributed by atoms with van der Waals surface area (Å²) < 4.78 is 16.8. The molecule has 3 rings (SSSR count). The van der Waals surface area contributed by atoms with Crippen molar-refractivity contribution in [3.8, 4) is 0 Å². The van der Waals surface area contributed by atoms with Crippen LogP contribution in [-0.4, -0.2) is 29.1 Å². The minimum atomic E-state index is -0.541. The predicted octanol–water partition coefficient (Wildman–Crippen LogP) is 4.54. The van der Waals surface area contributed by atoms with E-state index in [1.54, 1.807) is 12.5 Å². The lowest BCUT2D eigenvalue weighted by Gasteiger charge is -2.32. The number of cyclic esters (lactones) is 1. The highest BCUT2D eigenvalue weighted by atomic mass is 16.6. The molecule has 2 aliphatic rings. The molecule has 5 heteroatoms. The molecule has 0 amide bonds. The van der Waals surface area contributed by atoms with Crippen LogP contribution in [0.25, 0.3) is 0 Å². The van der Waals surface area contributed by atoms with Gasteiger partial charge in [-0.2, -0.15) is 0 Å². The monoisotopic (exact) mass is 374 g/mol. The van der Waals surface area contributed by atoms with E-state index >= 15 is 0 Å². The number of hydrogen-bond donors (Lipinski definition) is 0. The maximum atomic E-state index is 12.5. The van der Waals surface area contributed by atoms with Crippen molar-refractivity contribution in [3.05, 3.63) is 35.8 Å². The lowest BCUT2D eigenvalue weighted by molar-refractivity contribution is -0.166. The number of rotatable bonds is 8. The summed E-state index contributed by atoms with van der Waals surface area (Å²) in [6.07, 6.45) is 10.9. The molecular formula is C22H30O5. The highest BCUT2D eigenvalue weighted by Crippen LogP contribution is 2.43. The van der Waals surface area contributed by atoms with E-state index in [1.807, 2.05) is 26.8 Å². The molecular weight excluding hydrogens is 344 g/mol. The molecule has 1 aromatic heterocycles. The summed E-state index contributed by atoms with van der Waals surface area (Å²) in [5.74, 6) is 0.0470. The average molecular weight is 374 g/mol. The molecule has 148 valence electrons. The molecule has 0 bridgehead atoms. The SMILES string of the molecule is C/C(=C\CCc1ccoc1)CC(=O)C[C@@]1(C)CC[C@H]([C@]2(C)CCC(=O)O2)O1. The zero-order valence-corrected chi connectivity index (χ0v) is 16.6. The quantitative estimate of drug-likeness (QED) is 0.494. The van der Waals surface area contributed by atoms with Gasteiger partial charge in [-0.25, -0.2) is 0 Å². The van der Waals surface area contributed by atoms with Crippen molar-refractivity contribution in [3.63, 3.8) is 0 Å². The lowest BCUT2D eigenvalue weighted by atomic mass is 9.90. The number of Topliss-reactive ketones (excluding diaryl/α,β-unsaturated/α-hetero) is 1. The van der Waals surface area contributed by atoms with Crippen LogP contribution in [0.2, 0.25) is 0 Å². The Kier molecular flexibility index (Phi) is 5.89. The summed E-state index contributed by atoms with van der Waals surface area (Å²) in [4.78, 5) is 24.0. The second-order valence-corrected chi connectivity index (χ2v) is 8.49. The standard InChI is InChI=1S/C22H30O5/c1-16(5-4-6-17-9-12-25-15-17)13-18(23)14-21(2)10-7-19(26-21)22(3)11-8-20(24)27-22/h5,9,12,15,19H,4,6-8,10-11,13-14H2,1-3H3/b16-5+/t19-,21-,22+/m1/s1. The first kappa shape index (κ1) is 19.9. The van der Waals surface area contributed by atoms with Crippen LogP contribution in [0.1, 0.15) is 71.3 Å². The zero-order chi connectivity index (χ0) is 19.5. The fourth-order valence-corrected chi connectivity index (χ4v) is 4.18. The minimum absolute atomic E-state index is 0.117. The van der Waals surface area contributed by atoms with Crippen LogP contribution >= 0.6 is 0 Å². The van der Waals surface area contributed by atoms with Gasteiger partial charge >= 0.3 is 5.97 Å². The molecule has 2 aliphatic heterocycles. The number of aryl methyl sites for hydroxylation is 1. The van der Waals surface area contributed by atoms with Gasteiger partial charge in [-0.05, 0) is 64.5 Å². The van der Waals surface area contributed by atoms with E-state index in [9.17, 15) is 9.59 Å². The minimum Gasteiger partial charge on any atom is -0.472 e. The first-order valence-electron chi connectivity index (χ1n) is 9.86. The Labute approximate surface area is 161 Å². The van der Waals surface area contributed by atoms with Gasteiger partial charge in [-0.1, -0.05) is 11.6 Å². The topological polar surface area (TPSA) is 65.7 Å². The van der Waals surface area contributed by atoms with Crippen LogP contribution < -0.4 is 0 Å². The summed E-state index contributed by atoms with van der Waals surface area (Å²) >= 11 is 0. The molecule has 0 aliphatic carbocycles. The van der Waals surface area contributed by atoms with E-state index in [2.05, 4.69) is 6.08 Å². The van der Waals surface area contributed by atoms with Crippen molar-refractivity contribution in [2.75, 3.05) is 0 Å². The smallest absolute Gasteiger partial charge is 0.306 e. The molecule has 0 saturated carbocycles. The summed E-state index contributed by atoms with van der Waals surface area (Å²) in [7, 11) is 0. The van der Waals surface area contributed by atoms with Gasteiger partial charge in [0.1, 0.15) is 11.4 Å². The molecule has 5 nitrogen and oxygen atoms in total. The fourth-order valence-electron chi connectivity index (χ4n) is 4.18. The Morgan fingerprint density at radius 1 is 1.33 bits per heavy atom. The zero-order valence-electron chi connectivity index (χ0n) is 16.6. The van der Waals surface area contributed by atoms with Crippen LogP contribution in [0.15, 0.2) is 34.7 Å². The van der Waals surface area contributed by atoms with Crippen molar-refractivity contribution < 1.29 is 23.5 Å². The lowest BCUT2D eigenvalue weighted by Crippen LogP contribution is -2.41. The second kappa shape index (κ2) is 8.01. The highest BCUT2D eigenvalue weighted by molar-refractivity contribution is 5.81. The third-order valence-electron chi connectivity index (χ3n) is 5.77. The third kappa shape index (κ3) is 5.10. The molecule has 0 radical (unpaired) electrons. The molecule has 0 aromatic carbocycles. The van der Waals surface area contributed by atoms with Gasteiger partial charge in [0.25, 0.3) is 0 Å². The molecule has 1 aromatic rings. The molecule has 3 heterocycles. The molecule has 2 fully saturated rings. The van der Waals surface area contributed by atoms with Crippen LogP contribution in [0, 0.1) is 0 Å². The Bertz CT molecular complexity index is 704. The van der Waals surface area contributed by atoms with Gasteiger partial charge in [0, 0.05) is 19.3 Å². The van der Waals surface area contributed by atoms with E-state index < -0.39 is 11.2 Å². The van der Waals surface area contributed by atoms with Crippen LogP contribution in [0.3, 0.4) is 0 Å². The number of carbonyl (C=O) groups is 2. The number of ether oxygens (including phenoxy) is 2. The van der Waals surface area contributed by atoms with E-state index in [4.69, 9.17) is 13.9 Å². The molecule has 27 heavy (non-hydrogen) atoms. The highest BCUT2D eigenvalue weighted by Gasteiger charge is 2.50. The van der Waals surface area contributed by atoms with Crippen LogP contribution in [0.5, 0.6) is 0 Å². The largest absolute Gasteiger partial charge is 0.472 e. The van der Waals surface area contributed by atoms with Crippen LogP contribution in [-0.2, 0) is 25.5 Å². The summed E-state index contributed by atoms with van der Waals surface area (Å²) in [5.41, 5.74) is 1.26. The molecule has 0 N–H and O–H groups in total. The van der Waals surface area contributed by atoms with Gasteiger partial charge < -0.3 is 13.9 Å². The number of furan rings is 1. The van der Waals surface area contributed by atoms with Gasteiger partial charge in [-0.3, -0.25) is 9.59 Å². The fraction of sp³-hybridized carbons (Fsp3) is 0.636. The maximum Gasteiger partial charge on any atom is 0.306 e. The summed E-state index contributed by atoms with van der Waals surface area (Å²) in [6.45, 7) is 5.96. The number of carbonyl (C=O) groups excluding carboxylic acids is 2. The van der Waals surface area contributed by atoms with Gasteiger partial charge in [0.2, 0.25) is 0 Å². The Morgan fingerprint density at radius 3 is 2.81 bits per heavy atom. The van der Waals surface area contributed by atoms with E-state index in [-0.39, 0.29) is 17.9 Å². The van der Waals surface area contributed by atoms with Gasteiger partial charge in [0.15, 0.2) is 0 Å². The molecule has 0 spiro atoms. The second-order valence-electron chi connectivity index (χ2n) is 8.49. The molecule has 3 atom stereocenters. The normalized spacial score (nSPS) is 31.3. The average Bonchev–Trinajstić information content (AvgIpc) is 3.29. The van der Waals surface area contributed by atoms with Crippen molar-refractivity contribution in [1.82, 2.24) is 0 Å². The van der Waals surface area contributed by atoms with Crippen molar-refractivity contribution in [1.29, 1.82) is 0 Å². The van der Waals surface area contributed by atoms with Crippen molar-refractivity contribution in [2.45, 2.75) is 89.4 Å². The first-order valence-corrected chi connectivity index (χ1v) is 9.86. The van der Waals surface area contributed by atoms with Crippen molar-refractivity contribution >= 4 is 11.8 Å². The summed E-state index contributed by atoms with van der Waals surface area (Å²) in [6, 6.07) is 1.96. The maximum absolute atomic E-state index is 12.5. The summed E-state index contributed by atoms with van der Waals surface area (Å²) in [5, 5.41) is 0. The Hall–Kier alpha value is -1.88. The number of ketones is 1. The van der Waals surface area contributed by atoms with E-state index in [0.717, 1.165) is 31.3 Å². The first-order chi connectivity index (χ1) is 12.8. The van der Waals surface area contributed by atoms with E-state index in [0.29, 0.717) is 25.7 Å². The molecule has 2 saturated heterocycles. The van der Waals surface area contributed by atoms with Crippen LogP contribution in [0.4, 0.5) is 0 Å². The number of allylic oxidation sites excluding steroid dienone is 2. The third-order valence-corrected chi connectivity index (χ3v) is 5.77. The predicted molar refractivity (Wildman–Crippen MR) is 101 cm³/mol. The Balaban J connectivity index is 1.46.